The molecule has 0 bridgehead atoms. The average molecular weight is 325 g/mol. The second-order valence-corrected chi connectivity index (χ2v) is 5.43. The van der Waals surface area contributed by atoms with E-state index in [4.69, 9.17) is 0 Å². The molecule has 22 heavy (non-hydrogen) atoms. The summed E-state index contributed by atoms with van der Waals surface area (Å²) in [6.45, 7) is 0. The Morgan fingerprint density at radius 3 is 3.00 bits per heavy atom. The Morgan fingerprint density at radius 2 is 2.32 bits per heavy atom. The standard InChI is InChI=1S/C14H20N6O.ClH/c1-15-13(10-7-17-20(2)8-10)14(21)18-11-5-3-4-9-6-16-19-12(9)11;/h6-8,11,13,15H,3-5H2,1-2H3,(H,16,19)(H,18,21);1H. The highest BCUT2D eigenvalue weighted by molar-refractivity contribution is 5.85. The van der Waals surface area contributed by atoms with Crippen LogP contribution in [-0.2, 0) is 18.3 Å². The lowest BCUT2D eigenvalue weighted by molar-refractivity contribution is -0.124. The van der Waals surface area contributed by atoms with E-state index in [9.17, 15) is 4.79 Å². The van der Waals surface area contributed by atoms with Crippen LogP contribution in [0, 0.1) is 0 Å². The van der Waals surface area contributed by atoms with E-state index in [1.807, 2.05) is 19.4 Å². The van der Waals surface area contributed by atoms with Gasteiger partial charge in [0, 0.05) is 18.8 Å². The van der Waals surface area contributed by atoms with Crippen LogP contribution in [0.1, 0.15) is 41.7 Å². The number of carbonyl (C=O) groups excluding carboxylic acids is 1. The van der Waals surface area contributed by atoms with Gasteiger partial charge >= 0.3 is 0 Å². The van der Waals surface area contributed by atoms with Crippen molar-refractivity contribution >= 4 is 18.3 Å². The van der Waals surface area contributed by atoms with Gasteiger partial charge in [-0.2, -0.15) is 10.2 Å². The van der Waals surface area contributed by atoms with Crippen molar-refractivity contribution in [3.05, 3.63) is 35.4 Å². The van der Waals surface area contributed by atoms with Crippen LogP contribution < -0.4 is 10.6 Å². The number of aromatic nitrogens is 4. The third-order valence-corrected chi connectivity index (χ3v) is 3.96. The highest BCUT2D eigenvalue weighted by atomic mass is 35.5. The Balaban J connectivity index is 0.00000176. The SMILES string of the molecule is CNC(C(=O)NC1CCCc2cn[nH]c21)c1cnn(C)c1.Cl. The molecular weight excluding hydrogens is 304 g/mol. The van der Waals surface area contributed by atoms with Crippen LogP contribution in [-0.4, -0.2) is 32.9 Å². The van der Waals surface area contributed by atoms with Crippen LogP contribution in [0.5, 0.6) is 0 Å². The van der Waals surface area contributed by atoms with E-state index in [-0.39, 0.29) is 24.4 Å². The summed E-state index contributed by atoms with van der Waals surface area (Å²) in [5.41, 5.74) is 3.10. The van der Waals surface area contributed by atoms with E-state index in [0.29, 0.717) is 0 Å². The maximum absolute atomic E-state index is 12.5. The summed E-state index contributed by atoms with van der Waals surface area (Å²) in [5, 5.41) is 17.4. The van der Waals surface area contributed by atoms with Gasteiger partial charge in [0.05, 0.1) is 24.1 Å². The van der Waals surface area contributed by atoms with Crippen molar-refractivity contribution in [1.29, 1.82) is 0 Å². The number of hydrogen-bond acceptors (Lipinski definition) is 4. The number of H-pyrrole nitrogens is 1. The lowest BCUT2D eigenvalue weighted by Crippen LogP contribution is -2.39. The van der Waals surface area contributed by atoms with Crippen LogP contribution in [0.4, 0.5) is 0 Å². The third-order valence-electron chi connectivity index (χ3n) is 3.96. The molecule has 8 heteroatoms. The number of carbonyl (C=O) groups is 1. The number of amides is 1. The maximum Gasteiger partial charge on any atom is 0.242 e. The monoisotopic (exact) mass is 324 g/mol. The molecule has 0 spiro atoms. The quantitative estimate of drug-likeness (QED) is 0.783. The van der Waals surface area contributed by atoms with Crippen molar-refractivity contribution in [2.75, 3.05) is 7.05 Å². The molecule has 0 radical (unpaired) electrons. The Hall–Kier alpha value is -1.86. The van der Waals surface area contributed by atoms with Gasteiger partial charge in [-0.1, -0.05) is 0 Å². The van der Waals surface area contributed by atoms with Gasteiger partial charge in [-0.15, -0.1) is 12.4 Å². The van der Waals surface area contributed by atoms with Crippen LogP contribution in [0.25, 0.3) is 0 Å². The second-order valence-electron chi connectivity index (χ2n) is 5.43. The third kappa shape index (κ3) is 3.15. The largest absolute Gasteiger partial charge is 0.346 e. The molecule has 7 nitrogen and oxygen atoms in total. The molecule has 120 valence electrons. The Morgan fingerprint density at radius 1 is 1.50 bits per heavy atom. The molecule has 0 fully saturated rings. The predicted molar refractivity (Wildman–Crippen MR) is 84.7 cm³/mol. The molecule has 1 aliphatic carbocycles. The number of aryl methyl sites for hydroxylation is 2. The zero-order valence-corrected chi connectivity index (χ0v) is 13.5. The Labute approximate surface area is 135 Å². The van der Waals surface area contributed by atoms with Crippen LogP contribution in [0.3, 0.4) is 0 Å². The van der Waals surface area contributed by atoms with Crippen molar-refractivity contribution in [2.45, 2.75) is 31.3 Å². The van der Waals surface area contributed by atoms with E-state index in [1.165, 1.54) is 5.56 Å². The number of rotatable bonds is 4. The van der Waals surface area contributed by atoms with Crippen LogP contribution in [0.2, 0.25) is 0 Å². The van der Waals surface area contributed by atoms with Gasteiger partial charge in [0.2, 0.25) is 5.91 Å². The number of fused-ring (bicyclic) bond motifs is 1. The van der Waals surface area contributed by atoms with E-state index >= 15 is 0 Å². The smallest absolute Gasteiger partial charge is 0.242 e. The minimum Gasteiger partial charge on any atom is -0.346 e. The lowest BCUT2D eigenvalue weighted by atomic mass is 9.93. The normalized spacial score (nSPS) is 18.2. The number of likely N-dealkylation sites (N-methyl/N-ethyl adjacent to an activating group) is 1. The summed E-state index contributed by atoms with van der Waals surface area (Å²) < 4.78 is 1.70. The first kappa shape index (κ1) is 16.5. The molecule has 3 rings (SSSR count). The van der Waals surface area contributed by atoms with Gasteiger partial charge < -0.3 is 10.6 Å². The molecule has 2 aromatic heterocycles. The van der Waals surface area contributed by atoms with Crippen molar-refractivity contribution < 1.29 is 4.79 Å². The number of aromatic amines is 1. The van der Waals surface area contributed by atoms with Crippen molar-refractivity contribution in [1.82, 2.24) is 30.6 Å². The topological polar surface area (TPSA) is 87.6 Å². The minimum atomic E-state index is -0.396. The maximum atomic E-state index is 12.5. The van der Waals surface area contributed by atoms with E-state index < -0.39 is 6.04 Å². The molecule has 2 unspecified atom stereocenters. The van der Waals surface area contributed by atoms with Gasteiger partial charge in [-0.05, 0) is 31.9 Å². The predicted octanol–water partition coefficient (Wildman–Crippen LogP) is 1.02. The number of halogens is 1. The zero-order valence-electron chi connectivity index (χ0n) is 12.7. The summed E-state index contributed by atoms with van der Waals surface area (Å²) >= 11 is 0. The van der Waals surface area contributed by atoms with Gasteiger partial charge in [0.25, 0.3) is 0 Å². The first-order chi connectivity index (χ1) is 10.2. The summed E-state index contributed by atoms with van der Waals surface area (Å²) in [5.74, 6) is -0.0436. The molecule has 0 aliphatic heterocycles. The van der Waals surface area contributed by atoms with Gasteiger partial charge in [-0.3, -0.25) is 14.6 Å². The summed E-state index contributed by atoms with van der Waals surface area (Å²) in [6, 6.07) is -0.386. The summed E-state index contributed by atoms with van der Waals surface area (Å²) in [4.78, 5) is 12.5. The Bertz CT molecular complexity index is 637. The average Bonchev–Trinajstić information content (AvgIpc) is 3.09. The molecular formula is C14H21ClN6O. The van der Waals surface area contributed by atoms with Gasteiger partial charge in [0.1, 0.15) is 6.04 Å². The number of hydrogen-bond donors (Lipinski definition) is 3. The summed E-state index contributed by atoms with van der Waals surface area (Å²) in [6.07, 6.45) is 8.44. The second kappa shape index (κ2) is 6.93. The highest BCUT2D eigenvalue weighted by Crippen LogP contribution is 2.28. The molecule has 2 atom stereocenters. The fourth-order valence-corrected chi connectivity index (χ4v) is 2.90. The fourth-order valence-electron chi connectivity index (χ4n) is 2.90. The zero-order chi connectivity index (χ0) is 14.8. The molecule has 1 aliphatic rings. The van der Waals surface area contributed by atoms with E-state index in [1.54, 1.807) is 17.9 Å². The molecule has 1 amide bonds. The van der Waals surface area contributed by atoms with E-state index in [2.05, 4.69) is 25.9 Å². The van der Waals surface area contributed by atoms with Crippen molar-refractivity contribution in [3.63, 3.8) is 0 Å². The fraction of sp³-hybridized carbons (Fsp3) is 0.500. The summed E-state index contributed by atoms with van der Waals surface area (Å²) in [7, 11) is 3.62. The first-order valence-electron chi connectivity index (χ1n) is 7.17. The molecule has 0 saturated heterocycles. The molecule has 0 saturated carbocycles. The van der Waals surface area contributed by atoms with Crippen LogP contribution in [0.15, 0.2) is 18.6 Å². The molecule has 3 N–H and O–H groups in total. The lowest BCUT2D eigenvalue weighted by Gasteiger charge is -2.25. The van der Waals surface area contributed by atoms with Gasteiger partial charge in [0.15, 0.2) is 0 Å². The molecule has 2 aromatic rings. The first-order valence-corrected chi connectivity index (χ1v) is 7.17. The number of nitrogens with one attached hydrogen (secondary N) is 3. The van der Waals surface area contributed by atoms with Crippen molar-refractivity contribution in [3.8, 4) is 0 Å². The highest BCUT2D eigenvalue weighted by Gasteiger charge is 2.27. The molecule has 2 heterocycles. The van der Waals surface area contributed by atoms with E-state index in [0.717, 1.165) is 30.5 Å². The van der Waals surface area contributed by atoms with Crippen LogP contribution >= 0.6 is 12.4 Å². The van der Waals surface area contributed by atoms with Crippen molar-refractivity contribution in [2.24, 2.45) is 7.05 Å². The van der Waals surface area contributed by atoms with Gasteiger partial charge in [-0.25, -0.2) is 0 Å². The molecule has 0 aromatic carbocycles. The number of nitrogens with zero attached hydrogens (tertiary/aromatic N) is 3. The Kier molecular flexibility index (Phi) is 5.20. The minimum absolute atomic E-state index is 0.